The molecule has 0 bridgehead atoms. The predicted octanol–water partition coefficient (Wildman–Crippen LogP) is 4.88. The van der Waals surface area contributed by atoms with E-state index in [-0.39, 0.29) is 0 Å². The van der Waals surface area contributed by atoms with Gasteiger partial charge >= 0.3 is 0 Å². The highest BCUT2D eigenvalue weighted by molar-refractivity contribution is 5.86. The van der Waals surface area contributed by atoms with Crippen molar-refractivity contribution in [3.8, 4) is 0 Å². The third kappa shape index (κ3) is 4.68. The fourth-order valence-corrected chi connectivity index (χ4v) is 3.33. The minimum atomic E-state index is 0.347. The molecule has 0 aliphatic carbocycles. The lowest BCUT2D eigenvalue weighted by Gasteiger charge is -2.18. The zero-order valence-electron chi connectivity index (χ0n) is 15.2. The standard InChI is InChI=1S/C23H28N2/c1-18(20-9-4-3-5-10-20)17-24-15-16-25-19(2)22-14-8-12-21-11-6-7-13-23(21)22/h3-14,18-19,24-25H,15-17H2,1-2H3/t18-,19+/m0/s1. The second-order valence-corrected chi connectivity index (χ2v) is 6.76. The first-order valence-electron chi connectivity index (χ1n) is 9.22. The molecule has 0 amide bonds. The number of hydrogen-bond donors (Lipinski definition) is 2. The largest absolute Gasteiger partial charge is 0.315 e. The minimum absolute atomic E-state index is 0.347. The highest BCUT2D eigenvalue weighted by atomic mass is 15.0. The van der Waals surface area contributed by atoms with Crippen LogP contribution in [0.15, 0.2) is 72.8 Å². The summed E-state index contributed by atoms with van der Waals surface area (Å²) in [6.45, 7) is 7.47. The van der Waals surface area contributed by atoms with E-state index in [0.29, 0.717) is 12.0 Å². The van der Waals surface area contributed by atoms with Crippen LogP contribution < -0.4 is 10.6 Å². The van der Waals surface area contributed by atoms with Crippen molar-refractivity contribution in [2.24, 2.45) is 0 Å². The van der Waals surface area contributed by atoms with Crippen molar-refractivity contribution in [3.05, 3.63) is 83.9 Å². The maximum absolute atomic E-state index is 3.64. The Balaban J connectivity index is 1.46. The molecule has 2 N–H and O–H groups in total. The monoisotopic (exact) mass is 332 g/mol. The first-order valence-corrected chi connectivity index (χ1v) is 9.22. The SMILES string of the molecule is C[C@@H](CNCCN[C@H](C)c1cccc2ccccc12)c1ccccc1. The van der Waals surface area contributed by atoms with Gasteiger partial charge in [0, 0.05) is 25.7 Å². The summed E-state index contributed by atoms with van der Waals surface area (Å²) in [5, 5.41) is 9.86. The second-order valence-electron chi connectivity index (χ2n) is 6.76. The number of hydrogen-bond acceptors (Lipinski definition) is 2. The molecule has 0 heterocycles. The van der Waals surface area contributed by atoms with E-state index in [1.165, 1.54) is 21.9 Å². The third-order valence-electron chi connectivity index (χ3n) is 4.86. The van der Waals surface area contributed by atoms with Gasteiger partial charge in [-0.1, -0.05) is 79.7 Å². The molecule has 0 saturated carbocycles. The predicted molar refractivity (Wildman–Crippen MR) is 108 cm³/mol. The molecule has 0 fully saturated rings. The summed E-state index contributed by atoms with van der Waals surface area (Å²) in [5.74, 6) is 0.539. The van der Waals surface area contributed by atoms with E-state index < -0.39 is 0 Å². The van der Waals surface area contributed by atoms with Crippen LogP contribution >= 0.6 is 0 Å². The van der Waals surface area contributed by atoms with Gasteiger partial charge in [-0.15, -0.1) is 0 Å². The van der Waals surface area contributed by atoms with Crippen LogP contribution in [0.25, 0.3) is 10.8 Å². The van der Waals surface area contributed by atoms with Crippen molar-refractivity contribution in [1.29, 1.82) is 0 Å². The average molecular weight is 332 g/mol. The Kier molecular flexibility index (Phi) is 6.21. The summed E-state index contributed by atoms with van der Waals surface area (Å²) in [5.41, 5.74) is 2.77. The van der Waals surface area contributed by atoms with E-state index in [1.807, 2.05) is 0 Å². The summed E-state index contributed by atoms with van der Waals surface area (Å²) < 4.78 is 0. The highest BCUT2D eigenvalue weighted by Gasteiger charge is 2.08. The molecule has 2 atom stereocenters. The summed E-state index contributed by atoms with van der Waals surface area (Å²) >= 11 is 0. The zero-order chi connectivity index (χ0) is 17.5. The summed E-state index contributed by atoms with van der Waals surface area (Å²) in [4.78, 5) is 0. The van der Waals surface area contributed by atoms with Crippen LogP contribution in [0.1, 0.15) is 36.9 Å². The minimum Gasteiger partial charge on any atom is -0.315 e. The molecule has 0 aliphatic rings. The zero-order valence-corrected chi connectivity index (χ0v) is 15.2. The van der Waals surface area contributed by atoms with Crippen LogP contribution in [0.5, 0.6) is 0 Å². The van der Waals surface area contributed by atoms with Crippen LogP contribution in [0.3, 0.4) is 0 Å². The molecule has 0 unspecified atom stereocenters. The van der Waals surface area contributed by atoms with Gasteiger partial charge in [-0.3, -0.25) is 0 Å². The molecule has 3 rings (SSSR count). The fourth-order valence-electron chi connectivity index (χ4n) is 3.33. The first-order chi connectivity index (χ1) is 12.3. The topological polar surface area (TPSA) is 24.1 Å². The Morgan fingerprint density at radius 2 is 1.48 bits per heavy atom. The molecule has 0 aromatic heterocycles. The van der Waals surface area contributed by atoms with E-state index in [4.69, 9.17) is 0 Å². The fraction of sp³-hybridized carbons (Fsp3) is 0.304. The van der Waals surface area contributed by atoms with Crippen LogP contribution in [0.2, 0.25) is 0 Å². The molecule has 25 heavy (non-hydrogen) atoms. The van der Waals surface area contributed by atoms with Crippen LogP contribution in [-0.4, -0.2) is 19.6 Å². The molecule has 3 aromatic carbocycles. The van der Waals surface area contributed by atoms with Crippen molar-refractivity contribution in [2.45, 2.75) is 25.8 Å². The van der Waals surface area contributed by atoms with Crippen molar-refractivity contribution in [3.63, 3.8) is 0 Å². The lowest BCUT2D eigenvalue weighted by Crippen LogP contribution is -2.31. The average Bonchev–Trinajstić information content (AvgIpc) is 2.67. The highest BCUT2D eigenvalue weighted by Crippen LogP contribution is 2.23. The molecule has 0 aliphatic heterocycles. The van der Waals surface area contributed by atoms with E-state index >= 15 is 0 Å². The van der Waals surface area contributed by atoms with Crippen molar-refractivity contribution >= 4 is 10.8 Å². The Morgan fingerprint density at radius 1 is 0.760 bits per heavy atom. The Bertz CT molecular complexity index is 777. The summed E-state index contributed by atoms with van der Waals surface area (Å²) in [6, 6.07) is 26.2. The van der Waals surface area contributed by atoms with Crippen molar-refractivity contribution in [1.82, 2.24) is 10.6 Å². The Labute approximate surface area is 151 Å². The van der Waals surface area contributed by atoms with Gasteiger partial charge in [0.15, 0.2) is 0 Å². The Morgan fingerprint density at radius 3 is 2.32 bits per heavy atom. The second kappa shape index (κ2) is 8.80. The number of nitrogens with one attached hydrogen (secondary N) is 2. The van der Waals surface area contributed by atoms with Crippen LogP contribution in [0, 0.1) is 0 Å². The van der Waals surface area contributed by atoms with E-state index in [2.05, 4.69) is 97.3 Å². The van der Waals surface area contributed by atoms with E-state index in [0.717, 1.165) is 19.6 Å². The van der Waals surface area contributed by atoms with Crippen molar-refractivity contribution in [2.75, 3.05) is 19.6 Å². The molecule has 0 radical (unpaired) electrons. The maximum atomic E-state index is 3.64. The third-order valence-corrected chi connectivity index (χ3v) is 4.86. The van der Waals surface area contributed by atoms with Gasteiger partial charge in [-0.05, 0) is 34.7 Å². The van der Waals surface area contributed by atoms with Gasteiger partial charge in [0.1, 0.15) is 0 Å². The number of rotatable bonds is 8. The van der Waals surface area contributed by atoms with Gasteiger partial charge in [0.2, 0.25) is 0 Å². The Hall–Kier alpha value is -2.16. The number of benzene rings is 3. The quantitative estimate of drug-likeness (QED) is 0.574. The van der Waals surface area contributed by atoms with Crippen LogP contribution in [0.4, 0.5) is 0 Å². The first kappa shape index (κ1) is 17.7. The van der Waals surface area contributed by atoms with Gasteiger partial charge in [-0.2, -0.15) is 0 Å². The molecule has 2 heteroatoms. The summed E-state index contributed by atoms with van der Waals surface area (Å²) in [7, 11) is 0. The van der Waals surface area contributed by atoms with E-state index in [9.17, 15) is 0 Å². The number of fused-ring (bicyclic) bond motifs is 1. The van der Waals surface area contributed by atoms with Gasteiger partial charge < -0.3 is 10.6 Å². The lowest BCUT2D eigenvalue weighted by molar-refractivity contribution is 0.535. The molecular weight excluding hydrogens is 304 g/mol. The molecule has 2 nitrogen and oxygen atoms in total. The van der Waals surface area contributed by atoms with Crippen molar-refractivity contribution < 1.29 is 0 Å². The molecule has 130 valence electrons. The molecule has 0 saturated heterocycles. The van der Waals surface area contributed by atoms with Gasteiger partial charge in [0.05, 0.1) is 0 Å². The van der Waals surface area contributed by atoms with E-state index in [1.54, 1.807) is 0 Å². The molecule has 0 spiro atoms. The lowest BCUT2D eigenvalue weighted by atomic mass is 10.00. The summed E-state index contributed by atoms with van der Waals surface area (Å²) in [6.07, 6.45) is 0. The van der Waals surface area contributed by atoms with Crippen LogP contribution in [-0.2, 0) is 0 Å². The molecule has 3 aromatic rings. The maximum Gasteiger partial charge on any atom is 0.0298 e. The van der Waals surface area contributed by atoms with Gasteiger partial charge in [0.25, 0.3) is 0 Å². The molecular formula is C23H28N2. The van der Waals surface area contributed by atoms with Gasteiger partial charge in [-0.25, -0.2) is 0 Å². The smallest absolute Gasteiger partial charge is 0.0298 e. The normalized spacial score (nSPS) is 13.7.